The van der Waals surface area contributed by atoms with Crippen LogP contribution in [0.2, 0.25) is 0 Å². The molecule has 0 fully saturated rings. The lowest BCUT2D eigenvalue weighted by Crippen LogP contribution is -2.44. The molecule has 5 nitrogen and oxygen atoms in total. The second kappa shape index (κ2) is 5.93. The highest BCUT2D eigenvalue weighted by atomic mass is 32.2. The summed E-state index contributed by atoms with van der Waals surface area (Å²) in [7, 11) is -3.24. The van der Waals surface area contributed by atoms with Gasteiger partial charge in [0, 0.05) is 12.6 Å². The fourth-order valence-electron chi connectivity index (χ4n) is 2.37. The molecule has 0 bridgehead atoms. The average molecular weight is 296 g/mol. The van der Waals surface area contributed by atoms with Gasteiger partial charge in [-0.15, -0.1) is 0 Å². The molecule has 2 rings (SSSR count). The van der Waals surface area contributed by atoms with Gasteiger partial charge in [0.25, 0.3) is 0 Å². The van der Waals surface area contributed by atoms with Crippen molar-refractivity contribution in [1.29, 1.82) is 0 Å². The van der Waals surface area contributed by atoms with Crippen LogP contribution in [0.25, 0.3) is 0 Å². The van der Waals surface area contributed by atoms with Crippen LogP contribution in [-0.2, 0) is 14.6 Å². The van der Waals surface area contributed by atoms with Crippen molar-refractivity contribution in [2.45, 2.75) is 37.2 Å². The minimum absolute atomic E-state index is 0.0117. The lowest BCUT2D eigenvalue weighted by Gasteiger charge is -2.18. The third-order valence-electron chi connectivity index (χ3n) is 3.41. The molecule has 0 spiro atoms. The highest BCUT2D eigenvalue weighted by Crippen LogP contribution is 2.33. The highest BCUT2D eigenvalue weighted by molar-refractivity contribution is 7.91. The van der Waals surface area contributed by atoms with Gasteiger partial charge in [0.15, 0.2) is 9.84 Å². The van der Waals surface area contributed by atoms with Crippen molar-refractivity contribution in [3.63, 3.8) is 0 Å². The van der Waals surface area contributed by atoms with Gasteiger partial charge in [0.05, 0.1) is 16.7 Å². The predicted molar refractivity (Wildman–Crippen MR) is 77.1 cm³/mol. The van der Waals surface area contributed by atoms with Crippen LogP contribution in [0.1, 0.15) is 31.9 Å². The number of sulfone groups is 1. The summed E-state index contributed by atoms with van der Waals surface area (Å²) in [6.45, 7) is 4.36. The summed E-state index contributed by atoms with van der Waals surface area (Å²) in [6.07, 6.45) is 0.874. The van der Waals surface area contributed by atoms with Crippen molar-refractivity contribution in [1.82, 2.24) is 10.6 Å². The van der Waals surface area contributed by atoms with Gasteiger partial charge in [-0.2, -0.15) is 0 Å². The van der Waals surface area contributed by atoms with Crippen LogP contribution in [-0.4, -0.2) is 32.7 Å². The molecule has 0 saturated carbocycles. The quantitative estimate of drug-likeness (QED) is 0.850. The molecule has 0 aliphatic carbocycles. The molecule has 0 radical (unpaired) electrons. The zero-order chi connectivity index (χ0) is 14.8. The Labute approximate surface area is 119 Å². The lowest BCUT2D eigenvalue weighted by atomic mass is 10.1. The Bertz CT molecular complexity index is 598. The smallest absolute Gasteiger partial charge is 0.236 e. The number of nitrogens with one attached hydrogen (secondary N) is 2. The van der Waals surface area contributed by atoms with Crippen LogP contribution in [0.3, 0.4) is 0 Å². The van der Waals surface area contributed by atoms with Crippen LogP contribution >= 0.6 is 0 Å². The fraction of sp³-hybridized carbons (Fsp3) is 0.500. The van der Waals surface area contributed by atoms with Crippen LogP contribution in [0.15, 0.2) is 29.2 Å². The van der Waals surface area contributed by atoms with E-state index < -0.39 is 15.9 Å². The number of carbonyl (C=O) groups excluding carboxylic acids is 1. The van der Waals surface area contributed by atoms with E-state index in [0.29, 0.717) is 11.4 Å². The van der Waals surface area contributed by atoms with Crippen molar-refractivity contribution >= 4 is 15.7 Å². The maximum Gasteiger partial charge on any atom is 0.236 e. The SMILES string of the molecule is CCCNC(=O)C(C)NC1CS(=O)(=O)c2ccccc21. The molecule has 2 unspecified atom stereocenters. The van der Waals surface area contributed by atoms with Gasteiger partial charge in [-0.25, -0.2) is 8.42 Å². The van der Waals surface area contributed by atoms with E-state index in [4.69, 9.17) is 0 Å². The molecular weight excluding hydrogens is 276 g/mol. The Kier molecular flexibility index (Phi) is 4.45. The second-order valence-electron chi connectivity index (χ2n) is 5.05. The minimum Gasteiger partial charge on any atom is -0.355 e. The molecule has 20 heavy (non-hydrogen) atoms. The van der Waals surface area contributed by atoms with Crippen LogP contribution in [0.4, 0.5) is 0 Å². The van der Waals surface area contributed by atoms with Crippen LogP contribution in [0.5, 0.6) is 0 Å². The van der Waals surface area contributed by atoms with Gasteiger partial charge < -0.3 is 5.32 Å². The van der Waals surface area contributed by atoms with E-state index in [1.165, 1.54) is 0 Å². The highest BCUT2D eigenvalue weighted by Gasteiger charge is 2.35. The number of benzene rings is 1. The number of hydrogen-bond acceptors (Lipinski definition) is 4. The molecule has 2 N–H and O–H groups in total. The topological polar surface area (TPSA) is 75.3 Å². The van der Waals surface area contributed by atoms with E-state index in [1.54, 1.807) is 25.1 Å². The van der Waals surface area contributed by atoms with E-state index >= 15 is 0 Å². The Morgan fingerprint density at radius 1 is 1.40 bits per heavy atom. The van der Waals surface area contributed by atoms with Crippen molar-refractivity contribution < 1.29 is 13.2 Å². The van der Waals surface area contributed by atoms with E-state index in [1.807, 2.05) is 13.0 Å². The Morgan fingerprint density at radius 2 is 2.10 bits per heavy atom. The summed E-state index contributed by atoms with van der Waals surface area (Å²) in [5, 5.41) is 5.91. The maximum atomic E-state index is 12.0. The Hall–Kier alpha value is -1.40. The van der Waals surface area contributed by atoms with Gasteiger partial charge in [-0.1, -0.05) is 25.1 Å². The van der Waals surface area contributed by atoms with Gasteiger partial charge in [0.2, 0.25) is 5.91 Å². The minimum atomic E-state index is -3.24. The number of rotatable bonds is 5. The van der Waals surface area contributed by atoms with E-state index in [0.717, 1.165) is 12.0 Å². The summed E-state index contributed by atoms with van der Waals surface area (Å²) < 4.78 is 24.1. The number of hydrogen-bond donors (Lipinski definition) is 2. The summed E-state index contributed by atoms with van der Waals surface area (Å²) in [5.74, 6) is -0.0915. The third-order valence-corrected chi connectivity index (χ3v) is 5.22. The first-order valence-electron chi connectivity index (χ1n) is 6.81. The van der Waals surface area contributed by atoms with E-state index in [-0.39, 0.29) is 17.7 Å². The van der Waals surface area contributed by atoms with Crippen LogP contribution in [0, 0.1) is 0 Å². The number of fused-ring (bicyclic) bond motifs is 1. The van der Waals surface area contributed by atoms with E-state index in [9.17, 15) is 13.2 Å². The molecule has 0 saturated heterocycles. The van der Waals surface area contributed by atoms with Crippen molar-refractivity contribution in [3.05, 3.63) is 29.8 Å². The summed E-state index contributed by atoms with van der Waals surface area (Å²) >= 11 is 0. The summed E-state index contributed by atoms with van der Waals surface area (Å²) in [4.78, 5) is 12.2. The maximum absolute atomic E-state index is 12.0. The molecule has 0 aromatic heterocycles. The fourth-order valence-corrected chi connectivity index (χ4v) is 4.12. The zero-order valence-corrected chi connectivity index (χ0v) is 12.5. The number of amides is 1. The third kappa shape index (κ3) is 3.02. The Morgan fingerprint density at radius 3 is 2.80 bits per heavy atom. The monoisotopic (exact) mass is 296 g/mol. The summed E-state index contributed by atoms with van der Waals surface area (Å²) in [6, 6.07) is 6.21. The first-order valence-corrected chi connectivity index (χ1v) is 8.46. The molecule has 1 aliphatic heterocycles. The number of carbonyl (C=O) groups is 1. The van der Waals surface area contributed by atoms with Gasteiger partial charge in [-0.05, 0) is 25.0 Å². The first-order chi connectivity index (χ1) is 9.45. The largest absolute Gasteiger partial charge is 0.355 e. The van der Waals surface area contributed by atoms with Gasteiger partial charge in [-0.3, -0.25) is 10.1 Å². The molecule has 1 aromatic carbocycles. The summed E-state index contributed by atoms with van der Waals surface area (Å²) in [5.41, 5.74) is 0.752. The average Bonchev–Trinajstić information content (AvgIpc) is 2.68. The Balaban J connectivity index is 2.11. The zero-order valence-electron chi connectivity index (χ0n) is 11.7. The molecule has 1 aromatic rings. The molecule has 6 heteroatoms. The predicted octanol–water partition coefficient (Wildman–Crippen LogP) is 1.02. The molecule has 2 atom stereocenters. The van der Waals surface area contributed by atoms with E-state index in [2.05, 4.69) is 10.6 Å². The van der Waals surface area contributed by atoms with Crippen molar-refractivity contribution in [3.8, 4) is 0 Å². The molecule has 1 amide bonds. The van der Waals surface area contributed by atoms with Gasteiger partial charge >= 0.3 is 0 Å². The van der Waals surface area contributed by atoms with Crippen LogP contribution < -0.4 is 10.6 Å². The van der Waals surface area contributed by atoms with Crippen molar-refractivity contribution in [2.75, 3.05) is 12.3 Å². The van der Waals surface area contributed by atoms with Crippen molar-refractivity contribution in [2.24, 2.45) is 0 Å². The second-order valence-corrected chi connectivity index (χ2v) is 7.05. The normalized spacial score (nSPS) is 21.2. The van der Waals surface area contributed by atoms with Gasteiger partial charge in [0.1, 0.15) is 0 Å². The molecular formula is C14H20N2O3S. The standard InChI is InChI=1S/C14H20N2O3S/c1-3-8-15-14(17)10(2)16-12-9-20(18,19)13-7-5-4-6-11(12)13/h4-7,10,12,16H,3,8-9H2,1-2H3,(H,15,17). The molecule has 110 valence electrons. The first kappa shape index (κ1) is 15.0. The molecule has 1 heterocycles. The molecule has 1 aliphatic rings. The lowest BCUT2D eigenvalue weighted by molar-refractivity contribution is -0.122.